The van der Waals surface area contributed by atoms with Gasteiger partial charge < -0.3 is 15.0 Å². The molecule has 0 unspecified atom stereocenters. The number of nitrogens with one attached hydrogen (secondary N) is 1. The topological polar surface area (TPSA) is 58.6 Å². The molecule has 0 heterocycles. The highest BCUT2D eigenvalue weighted by Gasteiger charge is 2.31. The van der Waals surface area contributed by atoms with E-state index in [-0.39, 0.29) is 36.8 Å². The summed E-state index contributed by atoms with van der Waals surface area (Å²) in [5.41, 5.74) is 2.80. The van der Waals surface area contributed by atoms with Crippen LogP contribution < -0.4 is 10.1 Å². The molecule has 0 aromatic heterocycles. The monoisotopic (exact) mass is 568 g/mol. The van der Waals surface area contributed by atoms with Crippen LogP contribution in [0.1, 0.15) is 43.9 Å². The molecular formula is C30H34BrFN2O3. The normalized spacial score (nSPS) is 12.5. The van der Waals surface area contributed by atoms with E-state index >= 15 is 0 Å². The molecule has 0 aliphatic carbocycles. The van der Waals surface area contributed by atoms with Crippen LogP contribution in [0.3, 0.4) is 0 Å². The van der Waals surface area contributed by atoms with E-state index in [4.69, 9.17) is 4.74 Å². The van der Waals surface area contributed by atoms with Gasteiger partial charge in [0.25, 0.3) is 5.91 Å². The summed E-state index contributed by atoms with van der Waals surface area (Å²) in [6.07, 6.45) is 1.99. The fourth-order valence-electron chi connectivity index (χ4n) is 3.89. The molecule has 0 spiro atoms. The lowest BCUT2D eigenvalue weighted by Gasteiger charge is -2.32. The summed E-state index contributed by atoms with van der Waals surface area (Å²) < 4.78 is 20.2. The predicted molar refractivity (Wildman–Crippen MR) is 148 cm³/mol. The van der Waals surface area contributed by atoms with Gasteiger partial charge in [0.05, 0.1) is 4.47 Å². The molecule has 5 nitrogen and oxygen atoms in total. The number of carbonyl (C=O) groups is 2. The van der Waals surface area contributed by atoms with Gasteiger partial charge in [-0.2, -0.15) is 0 Å². The molecule has 0 fully saturated rings. The molecule has 37 heavy (non-hydrogen) atoms. The zero-order valence-corrected chi connectivity index (χ0v) is 23.1. The third kappa shape index (κ3) is 8.42. The van der Waals surface area contributed by atoms with Crippen LogP contribution >= 0.6 is 15.9 Å². The van der Waals surface area contributed by atoms with E-state index in [2.05, 4.69) is 28.2 Å². The Balaban J connectivity index is 1.91. The Bertz CT molecular complexity index is 1170. The van der Waals surface area contributed by atoms with Gasteiger partial charge in [-0.1, -0.05) is 62.4 Å². The number of aryl methyl sites for hydroxylation is 1. The lowest BCUT2D eigenvalue weighted by molar-refractivity contribution is -0.143. The predicted octanol–water partition coefficient (Wildman–Crippen LogP) is 6.08. The van der Waals surface area contributed by atoms with Crippen molar-refractivity contribution in [3.63, 3.8) is 0 Å². The SMILES string of the molecule is CCc1ccc(OCC(=O)N(Cc2ccc(F)cc2)[C@@H](Cc2ccccc2)C(=O)N[C@@H](C)CC)c(Br)c1. The van der Waals surface area contributed by atoms with E-state index in [1.165, 1.54) is 17.0 Å². The van der Waals surface area contributed by atoms with E-state index in [0.717, 1.165) is 34.0 Å². The van der Waals surface area contributed by atoms with Crippen molar-refractivity contribution in [1.29, 1.82) is 0 Å². The summed E-state index contributed by atoms with van der Waals surface area (Å²) in [7, 11) is 0. The van der Waals surface area contributed by atoms with E-state index in [1.807, 2.05) is 62.4 Å². The van der Waals surface area contributed by atoms with Gasteiger partial charge in [-0.05, 0) is 76.7 Å². The molecule has 3 rings (SSSR count). The number of hydrogen-bond donors (Lipinski definition) is 1. The van der Waals surface area contributed by atoms with E-state index in [9.17, 15) is 14.0 Å². The summed E-state index contributed by atoms with van der Waals surface area (Å²) in [6, 6.07) is 20.5. The van der Waals surface area contributed by atoms with Crippen LogP contribution in [0.2, 0.25) is 0 Å². The molecule has 7 heteroatoms. The molecule has 3 aromatic rings. The second kappa shape index (κ2) is 13.9. The number of carbonyl (C=O) groups excluding carboxylic acids is 2. The summed E-state index contributed by atoms with van der Waals surface area (Å²) >= 11 is 3.52. The molecule has 0 radical (unpaired) electrons. The zero-order valence-electron chi connectivity index (χ0n) is 21.5. The van der Waals surface area contributed by atoms with Gasteiger partial charge in [0.1, 0.15) is 17.6 Å². The van der Waals surface area contributed by atoms with Gasteiger partial charge in [-0.25, -0.2) is 4.39 Å². The molecule has 0 bridgehead atoms. The molecule has 2 amide bonds. The molecule has 196 valence electrons. The number of amides is 2. The Morgan fingerprint density at radius 2 is 1.65 bits per heavy atom. The molecule has 0 aliphatic heterocycles. The Labute approximate surface area is 227 Å². The zero-order chi connectivity index (χ0) is 26.8. The number of halogens is 2. The molecule has 0 saturated carbocycles. The second-order valence-electron chi connectivity index (χ2n) is 9.08. The van der Waals surface area contributed by atoms with Crippen molar-refractivity contribution < 1.29 is 18.7 Å². The quantitative estimate of drug-likeness (QED) is 0.288. The minimum atomic E-state index is -0.775. The Kier molecular flexibility index (Phi) is 10.7. The lowest BCUT2D eigenvalue weighted by atomic mass is 10.0. The number of rotatable bonds is 12. The second-order valence-corrected chi connectivity index (χ2v) is 9.93. The highest BCUT2D eigenvalue weighted by atomic mass is 79.9. The van der Waals surface area contributed by atoms with Crippen molar-refractivity contribution in [2.24, 2.45) is 0 Å². The van der Waals surface area contributed by atoms with Gasteiger partial charge in [0.2, 0.25) is 5.91 Å². The van der Waals surface area contributed by atoms with E-state index in [0.29, 0.717) is 12.2 Å². The van der Waals surface area contributed by atoms with Crippen LogP contribution in [0, 0.1) is 5.82 Å². The summed E-state index contributed by atoms with van der Waals surface area (Å²) in [5.74, 6) is -0.380. The van der Waals surface area contributed by atoms with Crippen LogP contribution in [0.5, 0.6) is 5.75 Å². The number of ether oxygens (including phenoxy) is 1. The first kappa shape index (κ1) is 28.4. The maximum atomic E-state index is 13.6. The number of benzene rings is 3. The Hall–Kier alpha value is -3.19. The fourth-order valence-corrected chi connectivity index (χ4v) is 4.43. The van der Waals surface area contributed by atoms with Gasteiger partial charge >= 0.3 is 0 Å². The molecule has 3 aromatic carbocycles. The van der Waals surface area contributed by atoms with Crippen molar-refractivity contribution in [2.45, 2.75) is 58.7 Å². The average Bonchev–Trinajstić information content (AvgIpc) is 2.91. The van der Waals surface area contributed by atoms with E-state index in [1.54, 1.807) is 12.1 Å². The minimum absolute atomic E-state index is 0.0437. The third-order valence-electron chi connectivity index (χ3n) is 6.29. The first-order chi connectivity index (χ1) is 17.8. The van der Waals surface area contributed by atoms with Gasteiger partial charge in [-0.3, -0.25) is 9.59 Å². The Morgan fingerprint density at radius 1 is 0.973 bits per heavy atom. The van der Waals surface area contributed by atoms with E-state index < -0.39 is 6.04 Å². The van der Waals surface area contributed by atoms with Crippen molar-refractivity contribution in [3.05, 3.63) is 99.8 Å². The maximum absolute atomic E-state index is 13.6. The van der Waals surface area contributed by atoms with Crippen molar-refractivity contribution >= 4 is 27.7 Å². The number of hydrogen-bond acceptors (Lipinski definition) is 3. The number of nitrogens with zero attached hydrogens (tertiary/aromatic N) is 1. The molecule has 0 aliphatic rings. The highest BCUT2D eigenvalue weighted by molar-refractivity contribution is 9.10. The lowest BCUT2D eigenvalue weighted by Crippen LogP contribution is -2.53. The summed E-state index contributed by atoms with van der Waals surface area (Å²) in [6.45, 7) is 5.89. The van der Waals surface area contributed by atoms with Gasteiger partial charge in [-0.15, -0.1) is 0 Å². The van der Waals surface area contributed by atoms with Crippen molar-refractivity contribution in [2.75, 3.05) is 6.61 Å². The summed E-state index contributed by atoms with van der Waals surface area (Å²) in [4.78, 5) is 28.7. The third-order valence-corrected chi connectivity index (χ3v) is 6.91. The maximum Gasteiger partial charge on any atom is 0.261 e. The largest absolute Gasteiger partial charge is 0.483 e. The molecule has 2 atom stereocenters. The van der Waals surface area contributed by atoms with Crippen molar-refractivity contribution in [3.8, 4) is 5.75 Å². The fraction of sp³-hybridized carbons (Fsp3) is 0.333. The molecule has 0 saturated heterocycles. The van der Waals surface area contributed by atoms with Gasteiger partial charge in [0.15, 0.2) is 6.61 Å². The minimum Gasteiger partial charge on any atom is -0.483 e. The first-order valence-electron chi connectivity index (χ1n) is 12.6. The first-order valence-corrected chi connectivity index (χ1v) is 13.4. The Morgan fingerprint density at radius 3 is 2.27 bits per heavy atom. The van der Waals surface area contributed by atoms with Crippen molar-refractivity contribution in [1.82, 2.24) is 10.2 Å². The van der Waals surface area contributed by atoms with Crippen LogP contribution in [0.15, 0.2) is 77.3 Å². The molecule has 1 N–H and O–H groups in total. The standard InChI is InChI=1S/C30H34BrFN2O3/c1-4-21(3)33-30(36)27(18-23-9-7-6-8-10-23)34(19-24-11-14-25(32)15-12-24)29(35)20-37-28-16-13-22(5-2)17-26(28)31/h6-17,21,27H,4-5,18-20H2,1-3H3,(H,33,36)/t21-,27-/m0/s1. The van der Waals surface area contributed by atoms with Crippen LogP contribution in [-0.2, 0) is 29.0 Å². The van der Waals surface area contributed by atoms with Crippen LogP contribution in [0.25, 0.3) is 0 Å². The van der Waals surface area contributed by atoms with Gasteiger partial charge in [0, 0.05) is 19.0 Å². The highest BCUT2D eigenvalue weighted by Crippen LogP contribution is 2.26. The van der Waals surface area contributed by atoms with Crippen LogP contribution in [-0.4, -0.2) is 35.4 Å². The smallest absolute Gasteiger partial charge is 0.261 e. The van der Waals surface area contributed by atoms with Crippen LogP contribution in [0.4, 0.5) is 4.39 Å². The molecular weight excluding hydrogens is 535 g/mol. The average molecular weight is 570 g/mol. The summed E-state index contributed by atoms with van der Waals surface area (Å²) in [5, 5.41) is 3.03.